The molecule has 0 saturated carbocycles. The van der Waals surface area contributed by atoms with E-state index in [9.17, 15) is 0 Å². The van der Waals surface area contributed by atoms with Gasteiger partial charge >= 0.3 is 0 Å². The van der Waals surface area contributed by atoms with Crippen LogP contribution >= 0.6 is 0 Å². The Morgan fingerprint density at radius 2 is 0.774 bits per heavy atom. The highest BCUT2D eigenvalue weighted by Gasteiger charge is 2.24. The highest BCUT2D eigenvalue weighted by atomic mass is 15.2. The van der Waals surface area contributed by atoms with E-state index >= 15 is 0 Å². The van der Waals surface area contributed by atoms with Crippen molar-refractivity contribution in [3.63, 3.8) is 0 Å². The summed E-state index contributed by atoms with van der Waals surface area (Å²) in [6.07, 6.45) is 0. The van der Waals surface area contributed by atoms with E-state index in [4.69, 9.17) is 15.0 Å². The Bertz CT molecular complexity index is 3830. The molecule has 5 heteroatoms. The number of aromatic nitrogens is 5. The molecule has 0 saturated heterocycles. The summed E-state index contributed by atoms with van der Waals surface area (Å²) in [4.78, 5) is 15.6. The average Bonchev–Trinajstić information content (AvgIpc) is 3.87. The van der Waals surface area contributed by atoms with Gasteiger partial charge in [-0.2, -0.15) is 9.97 Å². The van der Waals surface area contributed by atoms with E-state index in [1.54, 1.807) is 0 Å². The number of para-hydroxylation sites is 3. The van der Waals surface area contributed by atoms with Crippen LogP contribution in [0.1, 0.15) is 0 Å². The minimum absolute atomic E-state index is 0.574. The number of nitrogens with zero attached hydrogens (tertiary/aromatic N) is 5. The quantitative estimate of drug-likeness (QED) is 0.163. The van der Waals surface area contributed by atoms with E-state index in [0.717, 1.165) is 66.0 Å². The molecule has 0 aliphatic rings. The molecule has 13 rings (SSSR count). The highest BCUT2D eigenvalue weighted by molar-refractivity contribution is 6.27. The number of hydrogen-bond acceptors (Lipinski definition) is 3. The van der Waals surface area contributed by atoms with Crippen molar-refractivity contribution in [3.05, 3.63) is 212 Å². The first-order chi connectivity index (χ1) is 30.8. The molecule has 0 N–H and O–H groups in total. The van der Waals surface area contributed by atoms with E-state index in [-0.39, 0.29) is 0 Å². The second kappa shape index (κ2) is 13.6. The van der Waals surface area contributed by atoms with Crippen LogP contribution in [-0.2, 0) is 0 Å². The fraction of sp³-hybridized carbons (Fsp3) is 0. The third-order valence-electron chi connectivity index (χ3n) is 12.6. The van der Waals surface area contributed by atoms with Crippen molar-refractivity contribution in [1.82, 2.24) is 24.1 Å². The van der Waals surface area contributed by atoms with Gasteiger partial charge in [0.25, 0.3) is 0 Å². The summed E-state index contributed by atoms with van der Waals surface area (Å²) in [5, 5.41) is 12.2. The zero-order chi connectivity index (χ0) is 40.7. The lowest BCUT2D eigenvalue weighted by Crippen LogP contribution is -2.06. The van der Waals surface area contributed by atoms with Crippen molar-refractivity contribution in [2.45, 2.75) is 0 Å². The van der Waals surface area contributed by atoms with Gasteiger partial charge in [-0.15, -0.1) is 0 Å². The van der Waals surface area contributed by atoms with Gasteiger partial charge in [-0.05, 0) is 68.2 Å². The molecule has 0 aliphatic heterocycles. The van der Waals surface area contributed by atoms with Crippen molar-refractivity contribution in [2.24, 2.45) is 0 Å². The molecule has 0 aliphatic carbocycles. The normalized spacial score (nSPS) is 11.9. The Hall–Kier alpha value is -8.41. The molecular formula is C57H35N5. The topological polar surface area (TPSA) is 48.5 Å². The first kappa shape index (κ1) is 34.5. The lowest BCUT2D eigenvalue weighted by molar-refractivity contribution is 0.955. The van der Waals surface area contributed by atoms with Gasteiger partial charge in [0.15, 0.2) is 11.6 Å². The molecule has 0 amide bonds. The van der Waals surface area contributed by atoms with Crippen molar-refractivity contribution in [3.8, 4) is 45.5 Å². The largest absolute Gasteiger partial charge is 0.309 e. The summed E-state index contributed by atoms with van der Waals surface area (Å²) < 4.78 is 4.71. The van der Waals surface area contributed by atoms with Gasteiger partial charge in [0.2, 0.25) is 5.95 Å². The minimum Gasteiger partial charge on any atom is -0.309 e. The van der Waals surface area contributed by atoms with Gasteiger partial charge in [0, 0.05) is 38.2 Å². The van der Waals surface area contributed by atoms with Gasteiger partial charge in [-0.25, -0.2) is 4.98 Å². The summed E-state index contributed by atoms with van der Waals surface area (Å²) in [5.41, 5.74) is 9.63. The lowest BCUT2D eigenvalue weighted by atomic mass is 9.92. The monoisotopic (exact) mass is 789 g/mol. The molecule has 0 spiro atoms. The Balaban J connectivity index is 1.11. The number of benzene rings is 10. The van der Waals surface area contributed by atoms with E-state index in [0.29, 0.717) is 17.6 Å². The van der Waals surface area contributed by atoms with Crippen LogP contribution in [0.3, 0.4) is 0 Å². The molecule has 13 aromatic rings. The number of hydrogen-bond donors (Lipinski definition) is 0. The molecule has 3 heterocycles. The van der Waals surface area contributed by atoms with Crippen molar-refractivity contribution < 1.29 is 0 Å². The molecule has 0 bridgehead atoms. The molecule has 3 aromatic heterocycles. The summed E-state index contributed by atoms with van der Waals surface area (Å²) in [6.45, 7) is 0. The summed E-state index contributed by atoms with van der Waals surface area (Å²) >= 11 is 0. The molecule has 288 valence electrons. The van der Waals surface area contributed by atoms with Crippen LogP contribution in [0.4, 0.5) is 0 Å². The Morgan fingerprint density at radius 1 is 0.290 bits per heavy atom. The van der Waals surface area contributed by atoms with E-state index in [1.165, 1.54) is 37.9 Å². The van der Waals surface area contributed by atoms with Crippen molar-refractivity contribution in [1.29, 1.82) is 0 Å². The van der Waals surface area contributed by atoms with Crippen molar-refractivity contribution >= 4 is 75.9 Å². The standard InChI is InChI=1S/C57H35N5/c1-3-17-36(18-4-1)55-58-56(37-19-5-2-6-20-37)60-57(59-55)62-50-29-15-12-26-45(50)46-33-34-52-53(54(46)62)47-27-13-16-30-51(47)61(52)49-28-14-11-21-39(49)38-31-32-44-42-24-8-7-22-40(42)41-23-9-10-25-43(41)48(44)35-38/h1-35H. The van der Waals surface area contributed by atoms with Crippen LogP contribution in [0.15, 0.2) is 212 Å². The lowest BCUT2D eigenvalue weighted by Gasteiger charge is -2.16. The second-order valence-electron chi connectivity index (χ2n) is 15.9. The molecule has 0 atom stereocenters. The predicted molar refractivity (Wildman–Crippen MR) is 257 cm³/mol. The van der Waals surface area contributed by atoms with Gasteiger partial charge in [0.05, 0.1) is 27.8 Å². The Morgan fingerprint density at radius 3 is 1.42 bits per heavy atom. The van der Waals surface area contributed by atoms with Crippen LogP contribution in [0, 0.1) is 0 Å². The maximum atomic E-state index is 5.28. The molecule has 62 heavy (non-hydrogen) atoms. The molecule has 0 unspecified atom stereocenters. The Kier molecular flexibility index (Phi) is 7.54. The van der Waals surface area contributed by atoms with Crippen LogP contribution in [0.2, 0.25) is 0 Å². The molecule has 0 radical (unpaired) electrons. The maximum Gasteiger partial charge on any atom is 0.238 e. The first-order valence-corrected chi connectivity index (χ1v) is 21.0. The van der Waals surface area contributed by atoms with Gasteiger partial charge in [0.1, 0.15) is 0 Å². The minimum atomic E-state index is 0.574. The van der Waals surface area contributed by atoms with Crippen molar-refractivity contribution in [2.75, 3.05) is 0 Å². The summed E-state index contributed by atoms with van der Waals surface area (Å²) in [6, 6.07) is 75.7. The molecular weight excluding hydrogens is 755 g/mol. The Labute approximate surface area is 356 Å². The van der Waals surface area contributed by atoms with Gasteiger partial charge in [-0.3, -0.25) is 4.57 Å². The summed E-state index contributed by atoms with van der Waals surface area (Å²) in [5.74, 6) is 1.82. The SMILES string of the molecule is c1ccc(-c2nc(-c3ccccc3)nc(-n3c4ccccc4c4ccc5c(c6ccccc6n5-c5ccccc5-c5ccc6c7ccccc7c7ccccc7c6c5)c43)n2)cc1. The zero-order valence-corrected chi connectivity index (χ0v) is 33.4. The van der Waals surface area contributed by atoms with Crippen LogP contribution in [0.5, 0.6) is 0 Å². The highest BCUT2D eigenvalue weighted by Crippen LogP contribution is 2.44. The van der Waals surface area contributed by atoms with Gasteiger partial charge in [-0.1, -0.05) is 182 Å². The smallest absolute Gasteiger partial charge is 0.238 e. The zero-order valence-electron chi connectivity index (χ0n) is 33.4. The summed E-state index contributed by atoms with van der Waals surface area (Å²) in [7, 11) is 0. The van der Waals surface area contributed by atoms with E-state index < -0.39 is 0 Å². The fourth-order valence-electron chi connectivity index (χ4n) is 9.86. The van der Waals surface area contributed by atoms with Crippen LogP contribution < -0.4 is 0 Å². The fourth-order valence-corrected chi connectivity index (χ4v) is 9.86. The van der Waals surface area contributed by atoms with Crippen LogP contribution in [0.25, 0.3) is 121 Å². The molecule has 10 aromatic carbocycles. The third kappa shape index (κ3) is 5.12. The molecule has 0 fully saturated rings. The maximum absolute atomic E-state index is 5.28. The van der Waals surface area contributed by atoms with Gasteiger partial charge < -0.3 is 4.57 Å². The molecule has 5 nitrogen and oxygen atoms in total. The number of fused-ring (bicyclic) bond motifs is 13. The second-order valence-corrected chi connectivity index (χ2v) is 15.9. The van der Waals surface area contributed by atoms with Crippen LogP contribution in [-0.4, -0.2) is 24.1 Å². The first-order valence-electron chi connectivity index (χ1n) is 21.0. The van der Waals surface area contributed by atoms with E-state index in [2.05, 4.69) is 185 Å². The third-order valence-corrected chi connectivity index (χ3v) is 12.6. The predicted octanol–water partition coefficient (Wildman–Crippen LogP) is 14.5. The number of rotatable bonds is 5. The average molecular weight is 790 g/mol. The van der Waals surface area contributed by atoms with E-state index in [1.807, 2.05) is 36.4 Å².